The van der Waals surface area contributed by atoms with Crippen molar-refractivity contribution in [2.45, 2.75) is 0 Å². The van der Waals surface area contributed by atoms with Gasteiger partial charge in [0.05, 0.1) is 15.7 Å². The number of hydrogen-bond acceptors (Lipinski definition) is 4. The van der Waals surface area contributed by atoms with Crippen molar-refractivity contribution in [2.24, 2.45) is 0 Å². The number of benzene rings is 6. The summed E-state index contributed by atoms with van der Waals surface area (Å²) in [6.07, 6.45) is 0. The van der Waals surface area contributed by atoms with Gasteiger partial charge in [0, 0.05) is 60.5 Å². The van der Waals surface area contributed by atoms with Crippen LogP contribution in [0.3, 0.4) is 0 Å². The predicted octanol–water partition coefficient (Wildman–Crippen LogP) is 11.3. The van der Waals surface area contributed by atoms with Crippen molar-refractivity contribution in [3.63, 3.8) is 0 Å². The van der Waals surface area contributed by atoms with E-state index in [2.05, 4.69) is 89.5 Å². The minimum Gasteiger partial charge on any atom is -0.308 e. The molecule has 214 valence electrons. The molecule has 3 heterocycles. The lowest BCUT2D eigenvalue weighted by Crippen LogP contribution is -2.00. The zero-order chi connectivity index (χ0) is 37.0. The van der Waals surface area contributed by atoms with Gasteiger partial charge >= 0.3 is 0 Å². The molecule has 0 saturated heterocycles. The number of aromatic nitrogens is 4. The molecule has 0 bridgehead atoms. The van der Waals surface area contributed by atoms with Gasteiger partial charge in [-0.2, -0.15) is 0 Å². The summed E-state index contributed by atoms with van der Waals surface area (Å²) in [4.78, 5) is 14.7. The minimum atomic E-state index is 0.651. The van der Waals surface area contributed by atoms with Gasteiger partial charge in [-0.15, -0.1) is 11.3 Å². The molecule has 0 unspecified atom stereocenters. The van der Waals surface area contributed by atoms with E-state index in [4.69, 9.17) is 26.8 Å². The average molecular weight is 597 g/mol. The molecular formula is C39H32N4S. The summed E-state index contributed by atoms with van der Waals surface area (Å²) < 4.78 is 45.0. The van der Waals surface area contributed by atoms with Gasteiger partial charge in [0.2, 0.25) is 0 Å². The molecule has 9 aromatic rings. The molecule has 3 aromatic heterocycles. The molecule has 0 radical (unpaired) electrons. The quantitative estimate of drug-likeness (QED) is 0.203. The van der Waals surface area contributed by atoms with E-state index >= 15 is 0 Å². The fraction of sp³-hybridized carbons (Fsp3) is 0. The van der Waals surface area contributed by atoms with E-state index < -0.39 is 0 Å². The Bertz CT molecular complexity index is 2450. The maximum Gasteiger partial charge on any atom is 0.164 e. The third-order valence-electron chi connectivity index (χ3n) is 8.26. The highest BCUT2D eigenvalue weighted by Crippen LogP contribution is 2.43. The van der Waals surface area contributed by atoms with Gasteiger partial charge in [-0.3, -0.25) is 0 Å². The van der Waals surface area contributed by atoms with Gasteiger partial charge in [-0.25, -0.2) is 15.0 Å². The first-order valence-corrected chi connectivity index (χ1v) is 15.4. The van der Waals surface area contributed by atoms with Crippen LogP contribution in [0, 0.1) is 0 Å². The van der Waals surface area contributed by atoms with Crippen LogP contribution in [-0.2, 0) is 0 Å². The number of thiophene rings is 1. The molecule has 4 nitrogen and oxygen atoms in total. The SMILES string of the molecule is [2H][2H].[2H][2H].[2H][2H].[2H][2H].c1ccc(-c2nc(-c3ccccc3)nc(-c3ccc(-n4c5ccccc5c5ccc6c7ccccc7sc6c54)cc3)n2)cc1. The van der Waals surface area contributed by atoms with E-state index in [1.165, 1.54) is 42.0 Å². The van der Waals surface area contributed by atoms with Gasteiger partial charge in [0.1, 0.15) is 0 Å². The van der Waals surface area contributed by atoms with Crippen LogP contribution >= 0.6 is 11.3 Å². The Morgan fingerprint density at radius 3 is 1.64 bits per heavy atom. The van der Waals surface area contributed by atoms with Crippen molar-refractivity contribution < 1.29 is 11.9 Å². The Balaban J connectivity index is 0.000000614. The molecule has 0 aliphatic rings. The topological polar surface area (TPSA) is 43.6 Å². The van der Waals surface area contributed by atoms with Crippen molar-refractivity contribution in [1.82, 2.24) is 19.5 Å². The lowest BCUT2D eigenvalue weighted by molar-refractivity contribution is 1.07. The Morgan fingerprint density at radius 2 is 0.977 bits per heavy atom. The molecule has 44 heavy (non-hydrogen) atoms. The smallest absolute Gasteiger partial charge is 0.164 e. The Labute approximate surface area is 269 Å². The molecule has 5 heteroatoms. The molecule has 0 saturated carbocycles. The Hall–Kier alpha value is -5.65. The number of rotatable bonds is 4. The molecule has 6 aromatic carbocycles. The molecule has 0 aliphatic heterocycles. The van der Waals surface area contributed by atoms with Crippen LogP contribution in [0.25, 0.3) is 81.8 Å². The van der Waals surface area contributed by atoms with Gasteiger partial charge in [-0.05, 0) is 36.4 Å². The molecule has 0 aliphatic carbocycles. The first-order valence-electron chi connectivity index (χ1n) is 18.6. The summed E-state index contributed by atoms with van der Waals surface area (Å²) in [5, 5.41) is 5.12. The van der Waals surface area contributed by atoms with Crippen molar-refractivity contribution in [1.29, 1.82) is 0 Å². The summed E-state index contributed by atoms with van der Waals surface area (Å²) in [6.45, 7) is 0. The zero-order valence-corrected chi connectivity index (χ0v) is 24.4. The van der Waals surface area contributed by atoms with Gasteiger partial charge < -0.3 is 4.57 Å². The third kappa shape index (κ3) is 3.94. The number of hydrogen-bond donors (Lipinski definition) is 0. The molecule has 0 atom stereocenters. The highest BCUT2D eigenvalue weighted by molar-refractivity contribution is 7.26. The molecule has 0 N–H and O–H groups in total. The first kappa shape index (κ1) is 21.1. The highest BCUT2D eigenvalue weighted by atomic mass is 32.1. The third-order valence-corrected chi connectivity index (χ3v) is 9.46. The molecule has 0 amide bonds. The summed E-state index contributed by atoms with van der Waals surface area (Å²) in [5.41, 5.74) is 6.41. The van der Waals surface area contributed by atoms with E-state index in [0.29, 0.717) is 17.5 Å². The van der Waals surface area contributed by atoms with E-state index in [1.54, 1.807) is 0 Å². The monoisotopic (exact) mass is 596 g/mol. The summed E-state index contributed by atoms with van der Waals surface area (Å²) in [5.74, 6) is 1.97. The van der Waals surface area contributed by atoms with Crippen molar-refractivity contribution in [3.8, 4) is 39.9 Å². The Morgan fingerprint density at radius 1 is 0.455 bits per heavy atom. The maximum absolute atomic E-state index is 5.00. The second kappa shape index (κ2) is 9.97. The van der Waals surface area contributed by atoms with Crippen LogP contribution in [0.4, 0.5) is 0 Å². The van der Waals surface area contributed by atoms with Gasteiger partial charge in [-0.1, -0.05) is 109 Å². The zero-order valence-electron chi connectivity index (χ0n) is 31.6. The van der Waals surface area contributed by atoms with E-state index in [-0.39, 0.29) is 0 Å². The standard InChI is InChI=1S/C39H24N4S.4H2/c1-3-11-25(12-4-1)37-40-38(26-13-5-2-6-14-26)42-39(41-37)27-19-21-28(22-20-27)43-33-17-9-7-15-29(33)31-23-24-32-30-16-8-10-18-34(30)44-36(32)35(31)43;;;;/h1-24H;4*1H/i;4*1+1D. The maximum atomic E-state index is 5.00. The average Bonchev–Trinajstić information content (AvgIpc) is 3.80. The number of fused-ring (bicyclic) bond motifs is 7. The fourth-order valence-corrected chi connectivity index (χ4v) is 7.44. The van der Waals surface area contributed by atoms with Crippen LogP contribution in [-0.4, -0.2) is 19.5 Å². The lowest BCUT2D eigenvalue weighted by Gasteiger charge is -2.11. The largest absolute Gasteiger partial charge is 0.308 e. The summed E-state index contributed by atoms with van der Waals surface area (Å²) in [6, 6.07) is 50.7. The highest BCUT2D eigenvalue weighted by Gasteiger charge is 2.18. The first-order chi connectivity index (χ1) is 25.8. The second-order valence-corrected chi connectivity index (χ2v) is 11.9. The van der Waals surface area contributed by atoms with Gasteiger partial charge in [0.15, 0.2) is 17.5 Å². The van der Waals surface area contributed by atoms with Crippen LogP contribution in [0.1, 0.15) is 11.9 Å². The molecule has 0 fully saturated rings. The minimum absolute atomic E-state index is 0.651. The van der Waals surface area contributed by atoms with E-state index in [9.17, 15) is 0 Å². The Kier molecular flexibility index (Phi) is 4.78. The normalized spacial score (nSPS) is 12.4. The van der Waals surface area contributed by atoms with Crippen molar-refractivity contribution in [3.05, 3.63) is 146 Å². The van der Waals surface area contributed by atoms with Crippen LogP contribution in [0.15, 0.2) is 146 Å². The van der Waals surface area contributed by atoms with E-state index in [1.807, 2.05) is 72.0 Å². The van der Waals surface area contributed by atoms with Crippen molar-refractivity contribution in [2.75, 3.05) is 0 Å². The predicted molar refractivity (Wildman–Crippen MR) is 192 cm³/mol. The number of nitrogens with zero attached hydrogens (tertiary/aromatic N) is 4. The summed E-state index contributed by atoms with van der Waals surface area (Å²) in [7, 11) is 0. The molecular weight excluding hydrogens is 557 g/mol. The molecule has 0 spiro atoms. The number of para-hydroxylation sites is 1. The lowest BCUT2D eigenvalue weighted by atomic mass is 10.1. The van der Waals surface area contributed by atoms with Crippen LogP contribution in [0.5, 0.6) is 0 Å². The fourth-order valence-electron chi connectivity index (χ4n) is 6.20. The van der Waals surface area contributed by atoms with Gasteiger partial charge in [0.25, 0.3) is 0 Å². The van der Waals surface area contributed by atoms with Crippen LogP contribution < -0.4 is 0 Å². The van der Waals surface area contributed by atoms with Crippen molar-refractivity contribution >= 4 is 53.3 Å². The molecule has 9 rings (SSSR count). The van der Waals surface area contributed by atoms with Crippen LogP contribution in [0.2, 0.25) is 0 Å². The second-order valence-electron chi connectivity index (χ2n) is 10.9. The summed E-state index contributed by atoms with van der Waals surface area (Å²) >= 11 is 1.87. The van der Waals surface area contributed by atoms with E-state index in [0.717, 1.165) is 22.4 Å².